The van der Waals surface area contributed by atoms with Crippen LogP contribution >= 0.6 is 0 Å². The van der Waals surface area contributed by atoms with Crippen molar-refractivity contribution in [2.45, 2.75) is 0 Å². The number of rotatable bonds is 1. The summed E-state index contributed by atoms with van der Waals surface area (Å²) in [5.41, 5.74) is 12.5. The first-order valence-electron chi connectivity index (χ1n) is 5.43. The van der Waals surface area contributed by atoms with Gasteiger partial charge in [-0.1, -0.05) is 42.5 Å². The third kappa shape index (κ3) is 1.61. The molecule has 0 radical (unpaired) electrons. The predicted octanol–water partition coefficient (Wildman–Crippen LogP) is 2.37. The van der Waals surface area contributed by atoms with Crippen molar-refractivity contribution < 1.29 is 4.84 Å². The minimum absolute atomic E-state index is 0.707. The fourth-order valence-corrected chi connectivity index (χ4v) is 1.89. The van der Waals surface area contributed by atoms with Crippen LogP contribution in [0.1, 0.15) is 11.1 Å². The molecule has 0 bridgehead atoms. The van der Waals surface area contributed by atoms with Crippen molar-refractivity contribution in [2.24, 2.45) is 5.73 Å². The number of nitrogens with two attached hydrogens (primary N) is 1. The van der Waals surface area contributed by atoms with Crippen LogP contribution in [0.15, 0.2) is 54.6 Å². The Hall–Kier alpha value is -2.42. The predicted molar refractivity (Wildman–Crippen MR) is 67.6 cm³/mol. The second-order valence-electron chi connectivity index (χ2n) is 3.85. The topological polar surface area (TPSA) is 47.3 Å². The van der Waals surface area contributed by atoms with Gasteiger partial charge in [0, 0.05) is 11.1 Å². The largest absolute Gasteiger partial charge is 0.396 e. The second kappa shape index (κ2) is 3.87. The molecule has 1 heterocycles. The van der Waals surface area contributed by atoms with E-state index in [9.17, 15) is 0 Å². The molecule has 0 saturated carbocycles. The molecule has 0 unspecified atom stereocenters. The van der Waals surface area contributed by atoms with Gasteiger partial charge in [-0.3, -0.25) is 0 Å². The van der Waals surface area contributed by atoms with E-state index in [1.165, 1.54) is 0 Å². The molecule has 2 aromatic carbocycles. The average molecular weight is 224 g/mol. The quantitative estimate of drug-likeness (QED) is 0.781. The molecule has 1 aliphatic heterocycles. The van der Waals surface area contributed by atoms with E-state index in [1.54, 1.807) is 0 Å². The molecule has 0 amide bonds. The first-order valence-corrected chi connectivity index (χ1v) is 5.43. The number of benzene rings is 2. The summed E-state index contributed by atoms with van der Waals surface area (Å²) in [6.45, 7) is 0. The molecule has 3 N–H and O–H groups in total. The highest BCUT2D eigenvalue weighted by Gasteiger charge is 2.18. The fraction of sp³-hybridized carbons (Fsp3) is 0. The van der Waals surface area contributed by atoms with E-state index < -0.39 is 0 Å². The number of hydrogen-bond donors (Lipinski definition) is 2. The summed E-state index contributed by atoms with van der Waals surface area (Å²) >= 11 is 0. The van der Waals surface area contributed by atoms with Crippen LogP contribution < -0.4 is 16.1 Å². The van der Waals surface area contributed by atoms with Crippen molar-refractivity contribution in [3.05, 3.63) is 65.7 Å². The maximum atomic E-state index is 6.16. The Morgan fingerprint density at radius 2 is 1.59 bits per heavy atom. The van der Waals surface area contributed by atoms with Crippen LogP contribution in [-0.4, -0.2) is 0 Å². The molecular formula is C14H12N2O. The molecule has 0 saturated heterocycles. The SMILES string of the molecule is NC1=C(c2ccccc2)NOc2ccccc21. The molecule has 0 fully saturated rings. The van der Waals surface area contributed by atoms with Crippen molar-refractivity contribution in [3.8, 4) is 5.75 Å². The van der Waals surface area contributed by atoms with Crippen LogP contribution in [0, 0.1) is 0 Å². The number of hydroxylamine groups is 1. The smallest absolute Gasteiger partial charge is 0.164 e. The highest BCUT2D eigenvalue weighted by molar-refractivity contribution is 5.90. The highest BCUT2D eigenvalue weighted by atomic mass is 16.6. The number of nitrogens with one attached hydrogen (secondary N) is 1. The minimum Gasteiger partial charge on any atom is -0.396 e. The van der Waals surface area contributed by atoms with Crippen LogP contribution in [0.25, 0.3) is 11.4 Å². The van der Waals surface area contributed by atoms with Crippen molar-refractivity contribution >= 4 is 11.4 Å². The summed E-state index contributed by atoms with van der Waals surface area (Å²) < 4.78 is 0. The molecule has 17 heavy (non-hydrogen) atoms. The maximum Gasteiger partial charge on any atom is 0.164 e. The van der Waals surface area contributed by atoms with Gasteiger partial charge in [0.15, 0.2) is 5.75 Å². The molecule has 3 rings (SSSR count). The number of hydrogen-bond acceptors (Lipinski definition) is 3. The van der Waals surface area contributed by atoms with Gasteiger partial charge >= 0.3 is 0 Å². The zero-order chi connectivity index (χ0) is 11.7. The van der Waals surface area contributed by atoms with Crippen molar-refractivity contribution in [1.29, 1.82) is 0 Å². The highest BCUT2D eigenvalue weighted by Crippen LogP contribution is 2.31. The third-order valence-electron chi connectivity index (χ3n) is 2.77. The first-order chi connectivity index (χ1) is 8.36. The molecule has 0 atom stereocenters. The lowest BCUT2D eigenvalue weighted by molar-refractivity contribution is 0.248. The summed E-state index contributed by atoms with van der Waals surface area (Å²) in [6, 6.07) is 17.6. The van der Waals surface area contributed by atoms with E-state index in [-0.39, 0.29) is 0 Å². The zero-order valence-electron chi connectivity index (χ0n) is 9.18. The number of para-hydroxylation sites is 1. The molecule has 1 aliphatic rings. The molecule has 0 aliphatic carbocycles. The van der Waals surface area contributed by atoms with Gasteiger partial charge in [0.25, 0.3) is 0 Å². The number of fused-ring (bicyclic) bond motifs is 1. The van der Waals surface area contributed by atoms with Gasteiger partial charge < -0.3 is 10.6 Å². The Bertz CT molecular complexity index is 576. The molecular weight excluding hydrogens is 212 g/mol. The van der Waals surface area contributed by atoms with Gasteiger partial charge in [-0.25, -0.2) is 5.48 Å². The Kier molecular flexibility index (Phi) is 2.22. The molecule has 2 aromatic rings. The van der Waals surface area contributed by atoms with Gasteiger partial charge in [-0.05, 0) is 12.1 Å². The first kappa shape index (κ1) is 9.78. The van der Waals surface area contributed by atoms with Gasteiger partial charge in [-0.15, -0.1) is 0 Å². The van der Waals surface area contributed by atoms with Crippen molar-refractivity contribution in [3.63, 3.8) is 0 Å². The van der Waals surface area contributed by atoms with E-state index in [1.807, 2.05) is 54.6 Å². The molecule has 3 heteroatoms. The summed E-state index contributed by atoms with van der Waals surface area (Å²) in [5.74, 6) is 0.754. The van der Waals surface area contributed by atoms with Crippen LogP contribution in [0.3, 0.4) is 0 Å². The Labute approximate surface area is 99.5 Å². The van der Waals surface area contributed by atoms with E-state index >= 15 is 0 Å². The summed E-state index contributed by atoms with van der Waals surface area (Å²) in [5, 5.41) is 0. The van der Waals surface area contributed by atoms with Crippen LogP contribution in [0.2, 0.25) is 0 Å². The Balaban J connectivity index is 2.14. The van der Waals surface area contributed by atoms with Gasteiger partial charge in [-0.2, -0.15) is 0 Å². The molecule has 0 aromatic heterocycles. The zero-order valence-corrected chi connectivity index (χ0v) is 9.18. The van der Waals surface area contributed by atoms with Crippen LogP contribution in [-0.2, 0) is 0 Å². The summed E-state index contributed by atoms with van der Waals surface area (Å²) in [4.78, 5) is 5.47. The molecule has 0 spiro atoms. The average Bonchev–Trinajstić information content (AvgIpc) is 2.40. The molecule has 3 nitrogen and oxygen atoms in total. The van der Waals surface area contributed by atoms with Crippen molar-refractivity contribution in [2.75, 3.05) is 0 Å². The maximum absolute atomic E-state index is 6.16. The second-order valence-corrected chi connectivity index (χ2v) is 3.85. The fourth-order valence-electron chi connectivity index (χ4n) is 1.89. The monoisotopic (exact) mass is 224 g/mol. The lowest BCUT2D eigenvalue weighted by Crippen LogP contribution is -2.25. The minimum atomic E-state index is 0.707. The Morgan fingerprint density at radius 3 is 2.41 bits per heavy atom. The van der Waals surface area contributed by atoms with Crippen LogP contribution in [0.4, 0.5) is 0 Å². The van der Waals surface area contributed by atoms with E-state index in [2.05, 4.69) is 5.48 Å². The summed E-state index contributed by atoms with van der Waals surface area (Å²) in [6.07, 6.45) is 0. The van der Waals surface area contributed by atoms with Gasteiger partial charge in [0.05, 0.1) is 5.70 Å². The van der Waals surface area contributed by atoms with Gasteiger partial charge in [0.2, 0.25) is 0 Å². The third-order valence-corrected chi connectivity index (χ3v) is 2.77. The molecule has 84 valence electrons. The Morgan fingerprint density at radius 1 is 0.882 bits per heavy atom. The van der Waals surface area contributed by atoms with E-state index in [0.717, 1.165) is 22.6 Å². The lowest BCUT2D eigenvalue weighted by atomic mass is 10.0. The summed E-state index contributed by atoms with van der Waals surface area (Å²) in [7, 11) is 0. The van der Waals surface area contributed by atoms with E-state index in [4.69, 9.17) is 10.6 Å². The van der Waals surface area contributed by atoms with E-state index in [0.29, 0.717) is 5.70 Å². The van der Waals surface area contributed by atoms with Crippen LogP contribution in [0.5, 0.6) is 5.75 Å². The normalized spacial score (nSPS) is 13.6. The van der Waals surface area contributed by atoms with Gasteiger partial charge in [0.1, 0.15) is 5.70 Å². The van der Waals surface area contributed by atoms with Crippen molar-refractivity contribution in [1.82, 2.24) is 5.48 Å². The standard InChI is InChI=1S/C14H12N2O/c15-13-11-8-4-5-9-12(11)17-16-14(13)10-6-2-1-3-7-10/h1-9,16H,15H2. The lowest BCUT2D eigenvalue weighted by Gasteiger charge is -2.22.